The number of fused-ring (bicyclic) bond motifs is 1. The van der Waals surface area contributed by atoms with Crippen LogP contribution in [0.2, 0.25) is 0 Å². The molecule has 0 saturated heterocycles. The Bertz CT molecular complexity index is 625. The summed E-state index contributed by atoms with van der Waals surface area (Å²) in [6.45, 7) is 0. The number of pyridine rings is 1. The van der Waals surface area contributed by atoms with Crippen LogP contribution >= 0.6 is 0 Å². The normalized spacial score (nSPS) is 10.3. The number of methoxy groups -OCH3 is 2. The second-order valence-corrected chi connectivity index (χ2v) is 3.60. The van der Waals surface area contributed by atoms with Crippen molar-refractivity contribution in [1.82, 2.24) is 4.98 Å². The third-order valence-electron chi connectivity index (χ3n) is 2.57. The highest BCUT2D eigenvalue weighted by Crippen LogP contribution is 2.35. The number of aromatic carboxylic acids is 1. The lowest BCUT2D eigenvalue weighted by atomic mass is 10.1. The molecule has 1 heterocycles. The Morgan fingerprint density at radius 2 is 1.89 bits per heavy atom. The fraction of sp³-hybridized carbons (Fsp3) is 0.167. The lowest BCUT2D eigenvalue weighted by Gasteiger charge is -2.11. The summed E-state index contributed by atoms with van der Waals surface area (Å²) in [6.07, 6.45) is 0. The molecule has 18 heavy (non-hydrogen) atoms. The zero-order chi connectivity index (χ0) is 13.3. The van der Waals surface area contributed by atoms with E-state index in [1.807, 2.05) is 0 Å². The molecule has 0 unspecified atom stereocenters. The molecular formula is C12H12N2O4. The molecule has 3 N–H and O–H groups in total. The molecule has 0 aliphatic rings. The Morgan fingerprint density at radius 1 is 1.28 bits per heavy atom. The molecule has 94 valence electrons. The smallest absolute Gasteiger partial charge is 0.354 e. The molecule has 1 aromatic carbocycles. The van der Waals surface area contributed by atoms with Gasteiger partial charge in [0, 0.05) is 5.69 Å². The van der Waals surface area contributed by atoms with Gasteiger partial charge in [0.25, 0.3) is 0 Å². The Balaban J connectivity index is 2.88. The molecule has 0 saturated carbocycles. The number of rotatable bonds is 3. The van der Waals surface area contributed by atoms with Crippen LogP contribution in [0.25, 0.3) is 10.9 Å². The van der Waals surface area contributed by atoms with E-state index >= 15 is 0 Å². The third-order valence-corrected chi connectivity index (χ3v) is 2.57. The van der Waals surface area contributed by atoms with Crippen molar-refractivity contribution in [1.29, 1.82) is 0 Å². The van der Waals surface area contributed by atoms with Gasteiger partial charge in [-0.05, 0) is 18.2 Å². The van der Waals surface area contributed by atoms with Crippen LogP contribution in [0.3, 0.4) is 0 Å². The van der Waals surface area contributed by atoms with E-state index in [0.29, 0.717) is 22.4 Å². The molecule has 0 spiro atoms. The van der Waals surface area contributed by atoms with Gasteiger partial charge >= 0.3 is 5.97 Å². The SMILES string of the molecule is COc1ccc(OC)c2c(N)cc(C(=O)O)nc12. The maximum atomic E-state index is 11.0. The standard InChI is InChI=1S/C12H12N2O4/c1-17-8-3-4-9(18-2)11-10(8)6(13)5-7(14-11)12(15)16/h3-5H,1-2H3,(H2,13,14)(H,15,16). The fourth-order valence-electron chi connectivity index (χ4n) is 1.76. The van der Waals surface area contributed by atoms with Crippen LogP contribution in [0.5, 0.6) is 11.5 Å². The summed E-state index contributed by atoms with van der Waals surface area (Å²) >= 11 is 0. The molecule has 1 aromatic heterocycles. The van der Waals surface area contributed by atoms with E-state index in [0.717, 1.165) is 0 Å². The van der Waals surface area contributed by atoms with E-state index in [1.54, 1.807) is 12.1 Å². The third kappa shape index (κ3) is 1.77. The molecule has 2 rings (SSSR count). The van der Waals surface area contributed by atoms with Crippen molar-refractivity contribution in [3.63, 3.8) is 0 Å². The molecule has 2 aromatic rings. The quantitative estimate of drug-likeness (QED) is 0.855. The molecule has 0 aliphatic carbocycles. The molecule has 0 atom stereocenters. The maximum Gasteiger partial charge on any atom is 0.354 e. The summed E-state index contributed by atoms with van der Waals surface area (Å²) in [4.78, 5) is 15.0. The van der Waals surface area contributed by atoms with Crippen LogP contribution in [0.1, 0.15) is 10.5 Å². The second kappa shape index (κ2) is 4.40. The molecular weight excluding hydrogens is 236 g/mol. The minimum Gasteiger partial charge on any atom is -0.496 e. The number of benzene rings is 1. The Kier molecular flexibility index (Phi) is 2.93. The van der Waals surface area contributed by atoms with Crippen LogP contribution in [0.4, 0.5) is 5.69 Å². The maximum absolute atomic E-state index is 11.0. The van der Waals surface area contributed by atoms with Crippen molar-refractivity contribution >= 4 is 22.6 Å². The minimum absolute atomic E-state index is 0.133. The number of carboxylic acid groups (broad SMARTS) is 1. The summed E-state index contributed by atoms with van der Waals surface area (Å²) in [7, 11) is 2.98. The first-order valence-electron chi connectivity index (χ1n) is 5.13. The van der Waals surface area contributed by atoms with Gasteiger partial charge in [0.2, 0.25) is 0 Å². The Labute approximate surface area is 103 Å². The van der Waals surface area contributed by atoms with Crippen molar-refractivity contribution in [3.05, 3.63) is 23.9 Å². The number of nitrogens with zero attached hydrogens (tertiary/aromatic N) is 1. The molecule has 0 fully saturated rings. The van der Waals surface area contributed by atoms with E-state index in [-0.39, 0.29) is 11.4 Å². The number of anilines is 1. The monoisotopic (exact) mass is 248 g/mol. The molecule has 6 heteroatoms. The highest BCUT2D eigenvalue weighted by molar-refractivity contribution is 6.02. The zero-order valence-corrected chi connectivity index (χ0v) is 9.93. The molecule has 0 aliphatic heterocycles. The number of hydrogen-bond donors (Lipinski definition) is 2. The summed E-state index contributed by atoms with van der Waals surface area (Å²) in [6, 6.07) is 4.64. The Hall–Kier alpha value is -2.50. The van der Waals surface area contributed by atoms with E-state index < -0.39 is 5.97 Å². The van der Waals surface area contributed by atoms with Crippen LogP contribution < -0.4 is 15.2 Å². The predicted molar refractivity (Wildman–Crippen MR) is 66.2 cm³/mol. The van der Waals surface area contributed by atoms with Gasteiger partial charge in [-0.2, -0.15) is 0 Å². The number of aromatic nitrogens is 1. The average Bonchev–Trinajstić information content (AvgIpc) is 2.37. The second-order valence-electron chi connectivity index (χ2n) is 3.60. The van der Waals surface area contributed by atoms with Gasteiger partial charge < -0.3 is 20.3 Å². The van der Waals surface area contributed by atoms with Gasteiger partial charge in [0.15, 0.2) is 5.69 Å². The first-order valence-corrected chi connectivity index (χ1v) is 5.13. The number of nitrogens with two attached hydrogens (primary N) is 1. The Morgan fingerprint density at radius 3 is 2.44 bits per heavy atom. The van der Waals surface area contributed by atoms with Gasteiger partial charge in [-0.25, -0.2) is 9.78 Å². The predicted octanol–water partition coefficient (Wildman–Crippen LogP) is 1.53. The lowest BCUT2D eigenvalue weighted by molar-refractivity contribution is 0.0691. The van der Waals surface area contributed by atoms with Crippen molar-refractivity contribution in [2.24, 2.45) is 0 Å². The zero-order valence-electron chi connectivity index (χ0n) is 9.93. The topological polar surface area (TPSA) is 94.7 Å². The summed E-state index contributed by atoms with van der Waals surface area (Å²) < 4.78 is 10.3. The van der Waals surface area contributed by atoms with Crippen LogP contribution in [0, 0.1) is 0 Å². The van der Waals surface area contributed by atoms with Gasteiger partial charge in [-0.1, -0.05) is 0 Å². The van der Waals surface area contributed by atoms with E-state index in [9.17, 15) is 4.79 Å². The lowest BCUT2D eigenvalue weighted by Crippen LogP contribution is -2.04. The number of carboxylic acids is 1. The van der Waals surface area contributed by atoms with E-state index in [4.69, 9.17) is 20.3 Å². The van der Waals surface area contributed by atoms with Crippen molar-refractivity contribution in [2.75, 3.05) is 20.0 Å². The van der Waals surface area contributed by atoms with E-state index in [2.05, 4.69) is 4.98 Å². The number of ether oxygens (including phenoxy) is 2. The van der Waals surface area contributed by atoms with Crippen molar-refractivity contribution < 1.29 is 19.4 Å². The summed E-state index contributed by atoms with van der Waals surface area (Å²) in [5.74, 6) is -0.179. The van der Waals surface area contributed by atoms with Crippen LogP contribution in [0.15, 0.2) is 18.2 Å². The minimum atomic E-state index is -1.14. The molecule has 0 bridgehead atoms. The molecule has 0 radical (unpaired) electrons. The number of nitrogen functional groups attached to an aromatic ring is 1. The molecule has 0 amide bonds. The number of hydrogen-bond acceptors (Lipinski definition) is 5. The van der Waals surface area contributed by atoms with Crippen LogP contribution in [-0.4, -0.2) is 30.3 Å². The summed E-state index contributed by atoms with van der Waals surface area (Å²) in [5.41, 5.74) is 6.38. The van der Waals surface area contributed by atoms with Crippen molar-refractivity contribution in [2.45, 2.75) is 0 Å². The first-order chi connectivity index (χ1) is 8.58. The molecule has 6 nitrogen and oxygen atoms in total. The largest absolute Gasteiger partial charge is 0.496 e. The van der Waals surface area contributed by atoms with Crippen LogP contribution in [-0.2, 0) is 0 Å². The first kappa shape index (κ1) is 12.0. The van der Waals surface area contributed by atoms with E-state index in [1.165, 1.54) is 20.3 Å². The van der Waals surface area contributed by atoms with Gasteiger partial charge in [-0.3, -0.25) is 0 Å². The van der Waals surface area contributed by atoms with Gasteiger partial charge in [0.05, 0.1) is 19.6 Å². The highest BCUT2D eigenvalue weighted by Gasteiger charge is 2.15. The van der Waals surface area contributed by atoms with Gasteiger partial charge in [0.1, 0.15) is 17.0 Å². The van der Waals surface area contributed by atoms with Crippen molar-refractivity contribution in [3.8, 4) is 11.5 Å². The highest BCUT2D eigenvalue weighted by atomic mass is 16.5. The average molecular weight is 248 g/mol. The number of carbonyl (C=O) groups is 1. The fourth-order valence-corrected chi connectivity index (χ4v) is 1.76. The summed E-state index contributed by atoms with van der Waals surface area (Å²) in [5, 5.41) is 9.51. The van der Waals surface area contributed by atoms with Gasteiger partial charge in [-0.15, -0.1) is 0 Å².